The number of carbonyl (C=O) groups is 1. The zero-order valence-corrected chi connectivity index (χ0v) is 8.77. The highest BCUT2D eigenvalue weighted by Gasteiger charge is 2.15. The molecule has 1 unspecified atom stereocenters. The first-order valence-electron chi connectivity index (χ1n) is 4.92. The molecule has 4 heteroatoms. The van der Waals surface area contributed by atoms with Gasteiger partial charge in [0.2, 0.25) is 0 Å². The molecule has 0 bridgehead atoms. The van der Waals surface area contributed by atoms with Gasteiger partial charge < -0.3 is 10.2 Å². The summed E-state index contributed by atoms with van der Waals surface area (Å²) in [6.45, 7) is 1.60. The standard InChI is InChI=1S/C12H11NO3/c1-7(13)11(15)9-4-2-3-8-5-6-10(14)16-12(8)9/h2-7H,13H2,1H3. The van der Waals surface area contributed by atoms with Crippen LogP contribution in [0, 0.1) is 0 Å². The molecule has 2 aromatic rings. The average Bonchev–Trinajstić information content (AvgIpc) is 2.27. The Kier molecular flexibility index (Phi) is 2.58. The predicted molar refractivity (Wildman–Crippen MR) is 60.5 cm³/mol. The number of para-hydroxylation sites is 1. The molecule has 1 aromatic carbocycles. The Labute approximate surface area is 91.7 Å². The van der Waals surface area contributed by atoms with E-state index in [-0.39, 0.29) is 5.78 Å². The van der Waals surface area contributed by atoms with E-state index in [4.69, 9.17) is 10.2 Å². The van der Waals surface area contributed by atoms with Crippen molar-refractivity contribution in [2.45, 2.75) is 13.0 Å². The Balaban J connectivity index is 2.74. The highest BCUT2D eigenvalue weighted by Crippen LogP contribution is 2.17. The lowest BCUT2D eigenvalue weighted by Crippen LogP contribution is -2.26. The number of carbonyl (C=O) groups excluding carboxylic acids is 1. The molecule has 0 saturated carbocycles. The topological polar surface area (TPSA) is 73.3 Å². The van der Waals surface area contributed by atoms with Gasteiger partial charge in [-0.25, -0.2) is 4.79 Å². The number of Topliss-reactive ketones (excluding diaryl/α,β-unsaturated/α-hetero) is 1. The zero-order chi connectivity index (χ0) is 11.7. The van der Waals surface area contributed by atoms with Crippen LogP contribution in [0.1, 0.15) is 17.3 Å². The Morgan fingerprint density at radius 1 is 1.31 bits per heavy atom. The van der Waals surface area contributed by atoms with Crippen LogP contribution in [-0.2, 0) is 0 Å². The molecule has 1 heterocycles. The third-order valence-corrected chi connectivity index (χ3v) is 2.33. The van der Waals surface area contributed by atoms with Crippen LogP contribution in [0.25, 0.3) is 11.0 Å². The predicted octanol–water partition coefficient (Wildman–Crippen LogP) is 1.32. The van der Waals surface area contributed by atoms with Crippen molar-refractivity contribution in [3.63, 3.8) is 0 Å². The van der Waals surface area contributed by atoms with E-state index < -0.39 is 11.7 Å². The smallest absolute Gasteiger partial charge is 0.336 e. The fourth-order valence-electron chi connectivity index (χ4n) is 1.53. The van der Waals surface area contributed by atoms with Crippen molar-refractivity contribution < 1.29 is 9.21 Å². The van der Waals surface area contributed by atoms with Gasteiger partial charge in [0.05, 0.1) is 11.6 Å². The molecule has 1 aromatic heterocycles. The van der Waals surface area contributed by atoms with Crippen molar-refractivity contribution in [2.24, 2.45) is 5.73 Å². The van der Waals surface area contributed by atoms with E-state index in [9.17, 15) is 9.59 Å². The largest absolute Gasteiger partial charge is 0.422 e. The molecular formula is C12H11NO3. The van der Waals surface area contributed by atoms with Gasteiger partial charge in [-0.3, -0.25) is 4.79 Å². The van der Waals surface area contributed by atoms with Gasteiger partial charge in [0.15, 0.2) is 5.78 Å². The number of benzene rings is 1. The zero-order valence-electron chi connectivity index (χ0n) is 8.77. The van der Waals surface area contributed by atoms with Gasteiger partial charge in [0.1, 0.15) is 5.58 Å². The number of rotatable bonds is 2. The number of nitrogens with two attached hydrogens (primary N) is 1. The summed E-state index contributed by atoms with van der Waals surface area (Å²) in [5, 5.41) is 0.714. The molecule has 0 saturated heterocycles. The van der Waals surface area contributed by atoms with Crippen LogP contribution in [0.3, 0.4) is 0 Å². The quantitative estimate of drug-likeness (QED) is 0.608. The van der Waals surface area contributed by atoms with Crippen LogP contribution >= 0.6 is 0 Å². The molecule has 0 aliphatic carbocycles. The molecule has 0 aliphatic rings. The van der Waals surface area contributed by atoms with Gasteiger partial charge >= 0.3 is 5.63 Å². The summed E-state index contributed by atoms with van der Waals surface area (Å²) >= 11 is 0. The van der Waals surface area contributed by atoms with E-state index in [1.165, 1.54) is 6.07 Å². The second-order valence-corrected chi connectivity index (χ2v) is 3.63. The van der Waals surface area contributed by atoms with Gasteiger partial charge in [-0.15, -0.1) is 0 Å². The maximum absolute atomic E-state index is 11.8. The monoisotopic (exact) mass is 217 g/mol. The highest BCUT2D eigenvalue weighted by molar-refractivity contribution is 6.08. The fraction of sp³-hybridized carbons (Fsp3) is 0.167. The molecule has 82 valence electrons. The van der Waals surface area contributed by atoms with Gasteiger partial charge in [0, 0.05) is 11.5 Å². The van der Waals surface area contributed by atoms with Crippen LogP contribution in [0.2, 0.25) is 0 Å². The summed E-state index contributed by atoms with van der Waals surface area (Å²) in [5.74, 6) is -0.236. The Morgan fingerprint density at radius 3 is 2.75 bits per heavy atom. The summed E-state index contributed by atoms with van der Waals surface area (Å²) in [7, 11) is 0. The van der Waals surface area contributed by atoms with Gasteiger partial charge in [0.25, 0.3) is 0 Å². The maximum Gasteiger partial charge on any atom is 0.336 e. The van der Waals surface area contributed by atoms with Crippen LogP contribution in [0.15, 0.2) is 39.5 Å². The Morgan fingerprint density at radius 2 is 2.06 bits per heavy atom. The minimum Gasteiger partial charge on any atom is -0.422 e. The molecule has 2 N–H and O–H groups in total. The molecule has 0 radical (unpaired) electrons. The first-order chi connectivity index (χ1) is 7.59. The van der Waals surface area contributed by atoms with Crippen molar-refractivity contribution in [3.05, 3.63) is 46.3 Å². The Bertz CT molecular complexity index is 598. The number of hydrogen-bond donors (Lipinski definition) is 1. The van der Waals surface area contributed by atoms with Crippen molar-refractivity contribution >= 4 is 16.8 Å². The normalized spacial score (nSPS) is 12.6. The highest BCUT2D eigenvalue weighted by atomic mass is 16.4. The third-order valence-electron chi connectivity index (χ3n) is 2.33. The van der Waals surface area contributed by atoms with Crippen molar-refractivity contribution in [1.82, 2.24) is 0 Å². The number of hydrogen-bond acceptors (Lipinski definition) is 4. The summed E-state index contributed by atoms with van der Waals surface area (Å²) in [5.41, 5.74) is 5.71. The van der Waals surface area contributed by atoms with Gasteiger partial charge in [-0.1, -0.05) is 12.1 Å². The summed E-state index contributed by atoms with van der Waals surface area (Å²) < 4.78 is 5.03. The molecule has 4 nitrogen and oxygen atoms in total. The first-order valence-corrected chi connectivity index (χ1v) is 4.92. The van der Waals surface area contributed by atoms with Crippen molar-refractivity contribution in [1.29, 1.82) is 0 Å². The molecule has 0 amide bonds. The van der Waals surface area contributed by atoms with E-state index in [1.807, 2.05) is 0 Å². The minimum atomic E-state index is -0.615. The van der Waals surface area contributed by atoms with Crippen molar-refractivity contribution in [2.75, 3.05) is 0 Å². The molecule has 0 aliphatic heterocycles. The van der Waals surface area contributed by atoms with Crippen LogP contribution in [-0.4, -0.2) is 11.8 Å². The summed E-state index contributed by atoms with van der Waals surface area (Å²) in [6.07, 6.45) is 0. The van der Waals surface area contributed by atoms with E-state index >= 15 is 0 Å². The minimum absolute atomic E-state index is 0.236. The SMILES string of the molecule is CC(N)C(=O)c1cccc2ccc(=O)oc12. The lowest BCUT2D eigenvalue weighted by Gasteiger charge is -2.06. The number of fused-ring (bicyclic) bond motifs is 1. The van der Waals surface area contributed by atoms with E-state index in [0.29, 0.717) is 16.5 Å². The number of ketones is 1. The Hall–Kier alpha value is -1.94. The average molecular weight is 217 g/mol. The first kappa shape index (κ1) is 10.6. The van der Waals surface area contributed by atoms with E-state index in [1.54, 1.807) is 31.2 Å². The fourth-order valence-corrected chi connectivity index (χ4v) is 1.53. The van der Waals surface area contributed by atoms with E-state index in [0.717, 1.165) is 0 Å². The summed E-state index contributed by atoms with van der Waals surface area (Å²) in [6, 6.07) is 7.45. The molecule has 2 rings (SSSR count). The summed E-state index contributed by atoms with van der Waals surface area (Å²) in [4.78, 5) is 22.9. The van der Waals surface area contributed by atoms with Gasteiger partial charge in [-0.2, -0.15) is 0 Å². The van der Waals surface area contributed by atoms with Crippen LogP contribution in [0.5, 0.6) is 0 Å². The second kappa shape index (κ2) is 3.90. The van der Waals surface area contributed by atoms with Crippen LogP contribution in [0.4, 0.5) is 0 Å². The van der Waals surface area contributed by atoms with Crippen LogP contribution < -0.4 is 11.4 Å². The second-order valence-electron chi connectivity index (χ2n) is 3.63. The molecule has 0 fully saturated rings. The third kappa shape index (κ3) is 1.75. The maximum atomic E-state index is 11.8. The molecule has 0 spiro atoms. The van der Waals surface area contributed by atoms with Crippen molar-refractivity contribution in [3.8, 4) is 0 Å². The lowest BCUT2D eigenvalue weighted by molar-refractivity contribution is 0.0968. The van der Waals surface area contributed by atoms with E-state index in [2.05, 4.69) is 0 Å². The van der Waals surface area contributed by atoms with Gasteiger partial charge in [-0.05, 0) is 19.1 Å². The lowest BCUT2D eigenvalue weighted by atomic mass is 10.0. The molecular weight excluding hydrogens is 206 g/mol. The molecule has 1 atom stereocenters. The molecule has 16 heavy (non-hydrogen) atoms.